The van der Waals surface area contributed by atoms with Gasteiger partial charge in [-0.15, -0.1) is 11.3 Å². The molecule has 0 aliphatic carbocycles. The molecule has 1 unspecified atom stereocenters. The van der Waals surface area contributed by atoms with Gasteiger partial charge in [0.1, 0.15) is 21.5 Å². The number of morpholine rings is 1. The number of benzene rings is 1. The summed E-state index contributed by atoms with van der Waals surface area (Å²) >= 11 is 14.9. The fourth-order valence-corrected chi connectivity index (χ4v) is 9.52. The molecule has 2 aromatic heterocycles. The molecule has 39 heavy (non-hydrogen) atoms. The predicted molar refractivity (Wildman–Crippen MR) is 156 cm³/mol. The molecule has 5 rings (SSSR count). The lowest BCUT2D eigenvalue weighted by Crippen LogP contribution is -2.53. The largest absolute Gasteiger partial charge is 0.494 e. The Morgan fingerprint density at radius 3 is 2.67 bits per heavy atom. The van der Waals surface area contributed by atoms with E-state index in [4.69, 9.17) is 37.7 Å². The molecule has 2 aliphatic heterocycles. The number of sulfonamides is 1. The summed E-state index contributed by atoms with van der Waals surface area (Å²) in [5, 5.41) is 0.997. The van der Waals surface area contributed by atoms with Gasteiger partial charge >= 0.3 is 0 Å². The number of ether oxygens (including phenoxy) is 2. The molecule has 2 fully saturated rings. The van der Waals surface area contributed by atoms with Crippen LogP contribution in [0, 0.1) is 0 Å². The van der Waals surface area contributed by atoms with E-state index in [0.717, 1.165) is 42.1 Å². The standard InChI is InChI=1S/C25H30Cl2N4O5S3/c1-35-19-7-6-17(26)23-22(19)28-25(38-23)30(11-4-10-29-13-15-36-16-14-29)24(32)18-5-2-3-12-31(18)39(33,34)21-9-8-20(27)37-21/h6-9,18H,2-5,10-16H2,1H3. The molecule has 1 aromatic carbocycles. The summed E-state index contributed by atoms with van der Waals surface area (Å²) in [6, 6.07) is 5.73. The predicted octanol–water partition coefficient (Wildman–Crippen LogP) is 4.97. The number of thiophene rings is 1. The second-order valence-electron chi connectivity index (χ2n) is 9.41. The molecule has 1 atom stereocenters. The first-order valence-electron chi connectivity index (χ1n) is 12.8. The maximum absolute atomic E-state index is 14.3. The maximum atomic E-state index is 14.3. The molecule has 2 saturated heterocycles. The second kappa shape index (κ2) is 12.6. The molecule has 9 nitrogen and oxygen atoms in total. The van der Waals surface area contributed by atoms with Crippen molar-refractivity contribution in [1.82, 2.24) is 14.2 Å². The molecule has 0 N–H and O–H groups in total. The van der Waals surface area contributed by atoms with Gasteiger partial charge in [0.15, 0.2) is 5.13 Å². The molecule has 3 aromatic rings. The quantitative estimate of drug-likeness (QED) is 0.329. The Hall–Kier alpha value is -1.51. The van der Waals surface area contributed by atoms with Crippen LogP contribution >= 0.6 is 45.9 Å². The van der Waals surface area contributed by atoms with Crippen LogP contribution in [0.25, 0.3) is 10.2 Å². The van der Waals surface area contributed by atoms with Crippen LogP contribution in [-0.4, -0.2) is 87.6 Å². The number of hydrogen-bond donors (Lipinski definition) is 0. The minimum Gasteiger partial charge on any atom is -0.494 e. The zero-order chi connectivity index (χ0) is 27.6. The highest BCUT2D eigenvalue weighted by Crippen LogP contribution is 2.40. The third-order valence-corrected chi connectivity index (χ3v) is 12.1. The lowest BCUT2D eigenvalue weighted by atomic mass is 10.0. The summed E-state index contributed by atoms with van der Waals surface area (Å²) in [6.07, 6.45) is 2.58. The number of anilines is 1. The van der Waals surface area contributed by atoms with Gasteiger partial charge in [0, 0.05) is 32.7 Å². The van der Waals surface area contributed by atoms with Crippen LogP contribution in [0.2, 0.25) is 9.36 Å². The summed E-state index contributed by atoms with van der Waals surface area (Å²) in [6.45, 7) is 4.55. The fourth-order valence-electron chi connectivity index (χ4n) is 4.97. The van der Waals surface area contributed by atoms with Crippen molar-refractivity contribution in [3.63, 3.8) is 0 Å². The van der Waals surface area contributed by atoms with E-state index in [-0.39, 0.29) is 16.7 Å². The minimum atomic E-state index is -3.89. The first-order valence-corrected chi connectivity index (χ1v) is 16.6. The molecule has 4 heterocycles. The lowest BCUT2D eigenvalue weighted by molar-refractivity contribution is -0.123. The van der Waals surface area contributed by atoms with Crippen molar-refractivity contribution < 1.29 is 22.7 Å². The number of thiazole rings is 1. The Labute approximate surface area is 246 Å². The number of carbonyl (C=O) groups excluding carboxylic acids is 1. The first kappa shape index (κ1) is 29.0. The Bertz CT molecular complexity index is 1420. The Morgan fingerprint density at radius 1 is 1.15 bits per heavy atom. The minimum absolute atomic E-state index is 0.141. The van der Waals surface area contributed by atoms with E-state index in [0.29, 0.717) is 64.8 Å². The average Bonchev–Trinajstić information content (AvgIpc) is 3.59. The van der Waals surface area contributed by atoms with E-state index in [1.165, 1.54) is 21.7 Å². The van der Waals surface area contributed by atoms with E-state index in [1.807, 2.05) is 0 Å². The van der Waals surface area contributed by atoms with Crippen molar-refractivity contribution in [1.29, 1.82) is 0 Å². The van der Waals surface area contributed by atoms with Crippen LogP contribution in [0.15, 0.2) is 28.5 Å². The van der Waals surface area contributed by atoms with Gasteiger partial charge in [0.05, 0.1) is 34.4 Å². The highest BCUT2D eigenvalue weighted by Gasteiger charge is 2.41. The smallest absolute Gasteiger partial charge is 0.253 e. The van der Waals surface area contributed by atoms with Crippen molar-refractivity contribution >= 4 is 77.2 Å². The van der Waals surface area contributed by atoms with Crippen LogP contribution < -0.4 is 9.64 Å². The molecule has 0 radical (unpaired) electrons. The molecule has 0 bridgehead atoms. The zero-order valence-corrected chi connectivity index (χ0v) is 25.4. The fraction of sp³-hybridized carbons (Fsp3) is 0.520. The maximum Gasteiger partial charge on any atom is 0.253 e. The zero-order valence-electron chi connectivity index (χ0n) is 21.5. The van der Waals surface area contributed by atoms with Gasteiger partial charge < -0.3 is 9.47 Å². The van der Waals surface area contributed by atoms with Gasteiger partial charge in [-0.3, -0.25) is 14.6 Å². The highest BCUT2D eigenvalue weighted by molar-refractivity contribution is 7.91. The first-order chi connectivity index (χ1) is 18.8. The van der Waals surface area contributed by atoms with E-state index in [9.17, 15) is 13.2 Å². The van der Waals surface area contributed by atoms with E-state index in [2.05, 4.69) is 4.90 Å². The van der Waals surface area contributed by atoms with Crippen LogP contribution in [0.3, 0.4) is 0 Å². The summed E-state index contributed by atoms with van der Waals surface area (Å²) in [7, 11) is -2.33. The van der Waals surface area contributed by atoms with E-state index in [1.54, 1.807) is 30.2 Å². The molecular formula is C25H30Cl2N4O5S3. The number of methoxy groups -OCH3 is 1. The monoisotopic (exact) mass is 632 g/mol. The molecule has 1 amide bonds. The third-order valence-electron chi connectivity index (χ3n) is 6.97. The molecule has 14 heteroatoms. The molecule has 212 valence electrons. The number of aromatic nitrogens is 1. The van der Waals surface area contributed by atoms with Crippen molar-refractivity contribution in [3.05, 3.63) is 33.6 Å². The Balaban J connectivity index is 1.47. The number of halogens is 2. The number of fused-ring (bicyclic) bond motifs is 1. The van der Waals surface area contributed by atoms with Crippen LogP contribution in [0.5, 0.6) is 5.75 Å². The van der Waals surface area contributed by atoms with Gasteiger partial charge in [-0.05, 0) is 43.5 Å². The Kier molecular flexibility index (Phi) is 9.34. The van der Waals surface area contributed by atoms with E-state index >= 15 is 0 Å². The summed E-state index contributed by atoms with van der Waals surface area (Å²) in [5.41, 5.74) is 0.581. The summed E-state index contributed by atoms with van der Waals surface area (Å²) in [4.78, 5) is 23.0. The van der Waals surface area contributed by atoms with Crippen molar-refractivity contribution in [2.75, 3.05) is 57.9 Å². The number of piperidine rings is 1. The van der Waals surface area contributed by atoms with Gasteiger partial charge in [0.2, 0.25) is 5.91 Å². The molecule has 0 saturated carbocycles. The summed E-state index contributed by atoms with van der Waals surface area (Å²) in [5.74, 6) is 0.283. The number of rotatable bonds is 9. The van der Waals surface area contributed by atoms with Gasteiger partial charge in [-0.1, -0.05) is 41.0 Å². The number of carbonyl (C=O) groups is 1. The average molecular weight is 634 g/mol. The van der Waals surface area contributed by atoms with Crippen LogP contribution in [0.1, 0.15) is 25.7 Å². The highest BCUT2D eigenvalue weighted by atomic mass is 35.5. The topological polar surface area (TPSA) is 92.3 Å². The van der Waals surface area contributed by atoms with Crippen molar-refractivity contribution in [2.45, 2.75) is 35.9 Å². The number of amides is 1. The van der Waals surface area contributed by atoms with Crippen LogP contribution in [0.4, 0.5) is 5.13 Å². The molecular weight excluding hydrogens is 603 g/mol. The van der Waals surface area contributed by atoms with Crippen LogP contribution in [-0.2, 0) is 19.6 Å². The molecule has 2 aliphatic rings. The van der Waals surface area contributed by atoms with Crippen molar-refractivity contribution in [3.8, 4) is 5.75 Å². The van der Waals surface area contributed by atoms with Gasteiger partial charge in [-0.2, -0.15) is 4.31 Å². The molecule has 0 spiro atoms. The second-order valence-corrected chi connectivity index (χ2v) is 14.6. The number of nitrogens with zero attached hydrogens (tertiary/aromatic N) is 4. The van der Waals surface area contributed by atoms with E-state index < -0.39 is 16.1 Å². The summed E-state index contributed by atoms with van der Waals surface area (Å²) < 4.78 is 40.8. The third kappa shape index (κ3) is 6.23. The SMILES string of the molecule is COc1ccc(Cl)c2sc(N(CCCN3CCOCC3)C(=O)C3CCCCN3S(=O)(=O)c3ccc(Cl)s3)nc12. The van der Waals surface area contributed by atoms with Gasteiger partial charge in [-0.25, -0.2) is 13.4 Å². The number of hydrogen-bond acceptors (Lipinski definition) is 9. The van der Waals surface area contributed by atoms with Gasteiger partial charge in [0.25, 0.3) is 10.0 Å². The lowest BCUT2D eigenvalue weighted by Gasteiger charge is -2.36. The van der Waals surface area contributed by atoms with Crippen molar-refractivity contribution in [2.24, 2.45) is 0 Å². The Morgan fingerprint density at radius 2 is 1.95 bits per heavy atom. The normalized spacial score (nSPS) is 19.4.